The summed E-state index contributed by atoms with van der Waals surface area (Å²) in [6, 6.07) is 26.3. The number of amides is 1. The number of thiocarbonyl (C=S) groups is 1. The van der Waals surface area contributed by atoms with Gasteiger partial charge in [0.15, 0.2) is 5.11 Å². The van der Waals surface area contributed by atoms with Gasteiger partial charge in [0.2, 0.25) is 5.91 Å². The predicted octanol–water partition coefficient (Wildman–Crippen LogP) is 6.05. The number of carbonyl (C=O) groups excluding carboxylic acids is 1. The Hall–Kier alpha value is -3.97. The minimum absolute atomic E-state index is 0.0245. The second-order valence-electron chi connectivity index (χ2n) is 9.63. The Kier molecular flexibility index (Phi) is 7.56. The van der Waals surface area contributed by atoms with Gasteiger partial charge >= 0.3 is 0 Å². The van der Waals surface area contributed by atoms with Gasteiger partial charge < -0.3 is 20.1 Å². The Morgan fingerprint density at radius 3 is 2.50 bits per heavy atom. The largest absolute Gasteiger partial charge is 0.352 e. The lowest BCUT2D eigenvalue weighted by molar-refractivity contribution is -0.116. The number of anilines is 1. The molecule has 1 amide bonds. The molecule has 1 fully saturated rings. The maximum Gasteiger partial charge on any atom is 0.226 e. The molecule has 0 saturated carbocycles. The van der Waals surface area contributed by atoms with Crippen molar-refractivity contribution in [1.82, 2.24) is 19.8 Å². The van der Waals surface area contributed by atoms with Crippen LogP contribution in [0.3, 0.4) is 0 Å². The minimum Gasteiger partial charge on any atom is -0.352 e. The summed E-state index contributed by atoms with van der Waals surface area (Å²) in [7, 11) is 0. The van der Waals surface area contributed by atoms with E-state index in [4.69, 9.17) is 12.2 Å². The molecule has 0 aliphatic carbocycles. The molecule has 3 heterocycles. The monoisotopic (exact) mass is 523 g/mol. The van der Waals surface area contributed by atoms with Crippen molar-refractivity contribution < 1.29 is 4.79 Å². The summed E-state index contributed by atoms with van der Waals surface area (Å²) in [5, 5.41) is 7.24. The highest BCUT2D eigenvalue weighted by Gasteiger charge is 2.41. The maximum atomic E-state index is 13.0. The number of benzene rings is 2. The molecule has 1 saturated heterocycles. The smallest absolute Gasteiger partial charge is 0.226 e. The number of aromatic nitrogens is 2. The van der Waals surface area contributed by atoms with Crippen LogP contribution in [0.1, 0.15) is 53.6 Å². The van der Waals surface area contributed by atoms with Crippen LogP contribution in [0.5, 0.6) is 0 Å². The summed E-state index contributed by atoms with van der Waals surface area (Å²) < 4.78 is 2.28. The second-order valence-corrected chi connectivity index (χ2v) is 10.0. The Labute approximate surface area is 229 Å². The van der Waals surface area contributed by atoms with E-state index in [1.165, 1.54) is 5.56 Å². The van der Waals surface area contributed by atoms with Crippen molar-refractivity contribution in [3.8, 4) is 5.69 Å². The third kappa shape index (κ3) is 5.07. The molecule has 4 aromatic rings. The molecule has 0 bridgehead atoms. The van der Waals surface area contributed by atoms with Gasteiger partial charge in [0.1, 0.15) is 0 Å². The zero-order chi connectivity index (χ0) is 26.6. The highest BCUT2D eigenvalue weighted by molar-refractivity contribution is 7.80. The molecular weight excluding hydrogens is 490 g/mol. The van der Waals surface area contributed by atoms with Crippen LogP contribution in [0.25, 0.3) is 5.69 Å². The number of nitrogens with zero attached hydrogens (tertiary/aromatic N) is 3. The highest BCUT2D eigenvalue weighted by atomic mass is 32.1. The number of hydrogen-bond acceptors (Lipinski definition) is 3. The van der Waals surface area contributed by atoms with Crippen LogP contribution in [0, 0.1) is 13.8 Å². The Bertz CT molecular complexity index is 1430. The van der Waals surface area contributed by atoms with Gasteiger partial charge in [-0.15, -0.1) is 0 Å². The molecule has 5 rings (SSSR count). The standard InChI is InChI=1S/C31H33N5OS/c1-4-23-12-8-9-15-26(23)33-28(37)17-19-35-30(29(34-31(35)38)27-16-10-11-18-32-27)25-20-21(2)36(22(25)3)24-13-6-5-7-14-24/h5-16,18,20,29-30H,4,17,19H2,1-3H3,(H,33,37)(H,34,38)/t29-,30-/m1/s1. The number of rotatable bonds is 8. The van der Waals surface area contributed by atoms with E-state index < -0.39 is 0 Å². The minimum atomic E-state index is -0.127. The van der Waals surface area contributed by atoms with Crippen LogP contribution >= 0.6 is 12.2 Å². The lowest BCUT2D eigenvalue weighted by Gasteiger charge is -2.28. The summed E-state index contributed by atoms with van der Waals surface area (Å²) >= 11 is 5.84. The van der Waals surface area contributed by atoms with Crippen LogP contribution in [0.15, 0.2) is 85.1 Å². The zero-order valence-electron chi connectivity index (χ0n) is 22.0. The second kappa shape index (κ2) is 11.2. The fourth-order valence-electron chi connectivity index (χ4n) is 5.43. The zero-order valence-corrected chi connectivity index (χ0v) is 22.8. The van der Waals surface area contributed by atoms with Crippen LogP contribution < -0.4 is 10.6 Å². The molecule has 1 aliphatic rings. The van der Waals surface area contributed by atoms with E-state index in [1.54, 1.807) is 0 Å². The molecule has 2 aromatic carbocycles. The van der Waals surface area contributed by atoms with Crippen LogP contribution in [0.4, 0.5) is 5.69 Å². The van der Waals surface area contributed by atoms with Crippen molar-refractivity contribution in [2.75, 3.05) is 11.9 Å². The van der Waals surface area contributed by atoms with Gasteiger partial charge in [-0.05, 0) is 80.0 Å². The van der Waals surface area contributed by atoms with Crippen molar-refractivity contribution >= 4 is 28.9 Å². The lowest BCUT2D eigenvalue weighted by atomic mass is 9.96. The molecule has 7 heteroatoms. The number of hydrogen-bond donors (Lipinski definition) is 2. The summed E-state index contributed by atoms with van der Waals surface area (Å²) in [5.74, 6) is -0.0245. The van der Waals surface area contributed by atoms with Gasteiger partial charge in [-0.2, -0.15) is 0 Å². The molecule has 2 atom stereocenters. The molecule has 194 valence electrons. The van der Waals surface area contributed by atoms with Gasteiger partial charge in [0, 0.05) is 41.9 Å². The fraction of sp³-hybridized carbons (Fsp3) is 0.258. The maximum absolute atomic E-state index is 13.0. The Morgan fingerprint density at radius 1 is 1.03 bits per heavy atom. The molecule has 1 aliphatic heterocycles. The first-order valence-corrected chi connectivity index (χ1v) is 13.5. The number of para-hydroxylation sites is 2. The lowest BCUT2D eigenvalue weighted by Crippen LogP contribution is -2.33. The number of nitrogens with one attached hydrogen (secondary N) is 2. The van der Waals surface area contributed by atoms with E-state index in [0.29, 0.717) is 18.1 Å². The predicted molar refractivity (Wildman–Crippen MR) is 156 cm³/mol. The van der Waals surface area contributed by atoms with E-state index in [9.17, 15) is 4.79 Å². The average molecular weight is 524 g/mol. The van der Waals surface area contributed by atoms with E-state index >= 15 is 0 Å². The van der Waals surface area contributed by atoms with Gasteiger partial charge in [-0.1, -0.05) is 49.4 Å². The molecule has 2 N–H and O–H groups in total. The number of pyridine rings is 1. The first-order chi connectivity index (χ1) is 18.5. The first-order valence-electron chi connectivity index (χ1n) is 13.1. The summed E-state index contributed by atoms with van der Waals surface area (Å²) in [4.78, 5) is 19.8. The number of carbonyl (C=O) groups is 1. The third-order valence-electron chi connectivity index (χ3n) is 7.25. The fourth-order valence-corrected chi connectivity index (χ4v) is 5.76. The van der Waals surface area contributed by atoms with E-state index in [-0.39, 0.29) is 18.0 Å². The normalized spacial score (nSPS) is 16.9. The van der Waals surface area contributed by atoms with Crippen LogP contribution in [-0.2, 0) is 11.2 Å². The molecule has 0 spiro atoms. The van der Waals surface area contributed by atoms with Crippen molar-refractivity contribution in [2.45, 2.75) is 45.7 Å². The Balaban J connectivity index is 1.45. The molecule has 2 aromatic heterocycles. The van der Waals surface area contributed by atoms with Crippen LogP contribution in [-0.4, -0.2) is 32.0 Å². The first kappa shape index (κ1) is 25.7. The summed E-state index contributed by atoms with van der Waals surface area (Å²) in [6.07, 6.45) is 3.00. The van der Waals surface area contributed by atoms with E-state index in [1.807, 2.05) is 54.7 Å². The molecule has 0 radical (unpaired) electrons. The summed E-state index contributed by atoms with van der Waals surface area (Å²) in [6.45, 7) is 6.87. The Morgan fingerprint density at radius 2 is 1.76 bits per heavy atom. The molecule has 0 unspecified atom stereocenters. The SMILES string of the molecule is CCc1ccccc1NC(=O)CCN1C(=S)N[C@H](c2ccccn2)[C@H]1c1cc(C)n(-c2ccccc2)c1C. The van der Waals surface area contributed by atoms with Crippen molar-refractivity contribution in [3.05, 3.63) is 113 Å². The van der Waals surface area contributed by atoms with Gasteiger partial charge in [-0.25, -0.2) is 0 Å². The van der Waals surface area contributed by atoms with Gasteiger partial charge in [0.25, 0.3) is 0 Å². The summed E-state index contributed by atoms with van der Waals surface area (Å²) in [5.41, 5.74) is 7.51. The van der Waals surface area contributed by atoms with Gasteiger partial charge in [-0.3, -0.25) is 9.78 Å². The van der Waals surface area contributed by atoms with Crippen LogP contribution in [0.2, 0.25) is 0 Å². The molecule has 38 heavy (non-hydrogen) atoms. The molecular formula is C31H33N5OS. The topological polar surface area (TPSA) is 62.2 Å². The average Bonchev–Trinajstić information content (AvgIpc) is 3.42. The van der Waals surface area contributed by atoms with Crippen molar-refractivity contribution in [2.24, 2.45) is 0 Å². The highest BCUT2D eigenvalue weighted by Crippen LogP contribution is 2.41. The molecule has 6 nitrogen and oxygen atoms in total. The number of aryl methyl sites for hydroxylation is 2. The van der Waals surface area contributed by atoms with Crippen molar-refractivity contribution in [1.29, 1.82) is 0 Å². The van der Waals surface area contributed by atoms with Crippen molar-refractivity contribution in [3.63, 3.8) is 0 Å². The van der Waals surface area contributed by atoms with E-state index in [0.717, 1.165) is 40.4 Å². The third-order valence-corrected chi connectivity index (χ3v) is 7.61. The van der Waals surface area contributed by atoms with Gasteiger partial charge in [0.05, 0.1) is 17.8 Å². The quantitative estimate of drug-likeness (QED) is 0.275. The van der Waals surface area contributed by atoms with E-state index in [2.05, 4.69) is 76.2 Å².